The van der Waals surface area contributed by atoms with Crippen molar-refractivity contribution >= 4 is 6.29 Å². The summed E-state index contributed by atoms with van der Waals surface area (Å²) in [7, 11) is 1.63. The molecule has 1 aromatic rings. The lowest BCUT2D eigenvalue weighted by atomic mass is 9.97. The molecule has 2 unspecified atom stereocenters. The van der Waals surface area contributed by atoms with Gasteiger partial charge in [0.2, 0.25) is 0 Å². The number of methoxy groups -OCH3 is 1. The predicted molar refractivity (Wildman–Crippen MR) is 61.0 cm³/mol. The molecule has 0 N–H and O–H groups in total. The third kappa shape index (κ3) is 1.77. The molecule has 0 fully saturated rings. The van der Waals surface area contributed by atoms with Gasteiger partial charge in [0.1, 0.15) is 12.4 Å². The molecule has 1 aliphatic rings. The van der Waals surface area contributed by atoms with E-state index >= 15 is 0 Å². The van der Waals surface area contributed by atoms with Gasteiger partial charge in [-0.2, -0.15) is 0 Å². The fourth-order valence-electron chi connectivity index (χ4n) is 2.11. The van der Waals surface area contributed by atoms with Gasteiger partial charge in [0, 0.05) is 12.0 Å². The number of hydrogen-bond donors (Lipinski definition) is 0. The lowest BCUT2D eigenvalue weighted by Crippen LogP contribution is -2.25. The number of hydrogen-bond acceptors (Lipinski definition) is 3. The second kappa shape index (κ2) is 4.56. The van der Waals surface area contributed by atoms with E-state index in [9.17, 15) is 4.79 Å². The van der Waals surface area contributed by atoms with Crippen LogP contribution >= 0.6 is 0 Å². The first kappa shape index (κ1) is 11.0. The molecule has 0 saturated heterocycles. The quantitative estimate of drug-likeness (QED) is 0.730. The molecule has 0 aromatic heterocycles. The minimum absolute atomic E-state index is 0.0305. The molecular formula is C13H16O3. The molecule has 0 radical (unpaired) electrons. The Balaban J connectivity index is 2.23. The first-order valence-corrected chi connectivity index (χ1v) is 5.58. The van der Waals surface area contributed by atoms with E-state index < -0.39 is 0 Å². The highest BCUT2D eigenvalue weighted by molar-refractivity contribution is 5.57. The number of para-hydroxylation sites is 1. The third-order valence-electron chi connectivity index (χ3n) is 3.09. The molecule has 1 aliphatic heterocycles. The molecule has 1 heterocycles. The Labute approximate surface area is 95.4 Å². The van der Waals surface area contributed by atoms with Crippen molar-refractivity contribution in [2.45, 2.75) is 25.9 Å². The monoisotopic (exact) mass is 220 g/mol. The molecule has 0 spiro atoms. The molecule has 2 rings (SSSR count). The Kier molecular flexibility index (Phi) is 3.13. The fraction of sp³-hybridized carbons (Fsp3) is 0.462. The van der Waals surface area contributed by atoms with E-state index in [4.69, 9.17) is 9.47 Å². The highest BCUT2D eigenvalue weighted by Crippen LogP contribution is 2.39. The lowest BCUT2D eigenvalue weighted by Gasteiger charge is -2.16. The normalized spacial score (nSPS) is 19.8. The summed E-state index contributed by atoms with van der Waals surface area (Å²) in [6.45, 7) is 2.00. The molecule has 1 aromatic carbocycles. The van der Waals surface area contributed by atoms with Crippen LogP contribution in [0.2, 0.25) is 0 Å². The first-order chi connectivity index (χ1) is 7.80. The smallest absolute Gasteiger partial charge is 0.164 e. The zero-order chi connectivity index (χ0) is 11.5. The molecular weight excluding hydrogens is 204 g/mol. The third-order valence-corrected chi connectivity index (χ3v) is 3.09. The van der Waals surface area contributed by atoms with Crippen LogP contribution in [0.3, 0.4) is 0 Å². The number of rotatable bonds is 4. The summed E-state index contributed by atoms with van der Waals surface area (Å²) in [6, 6.07) is 5.85. The SMILES string of the molecule is CCC(C=O)C1Cc2cccc(OC)c2O1. The van der Waals surface area contributed by atoms with Crippen LogP contribution < -0.4 is 9.47 Å². The van der Waals surface area contributed by atoms with Crippen molar-refractivity contribution < 1.29 is 14.3 Å². The van der Waals surface area contributed by atoms with Crippen molar-refractivity contribution in [3.05, 3.63) is 23.8 Å². The molecule has 3 heteroatoms. The Morgan fingerprint density at radius 1 is 1.62 bits per heavy atom. The van der Waals surface area contributed by atoms with Crippen LogP contribution in [-0.2, 0) is 11.2 Å². The molecule has 2 atom stereocenters. The summed E-state index contributed by atoms with van der Waals surface area (Å²) in [4.78, 5) is 10.9. The topological polar surface area (TPSA) is 35.5 Å². The van der Waals surface area contributed by atoms with Crippen LogP contribution in [-0.4, -0.2) is 19.5 Å². The molecule has 0 amide bonds. The van der Waals surface area contributed by atoms with Gasteiger partial charge in [0.15, 0.2) is 11.5 Å². The van der Waals surface area contributed by atoms with Crippen LogP contribution in [0.1, 0.15) is 18.9 Å². The standard InChI is InChI=1S/C13H16O3/c1-3-9(8-14)12-7-10-5-4-6-11(15-2)13(10)16-12/h4-6,8-9,12H,3,7H2,1-2H3. The minimum Gasteiger partial charge on any atom is -0.493 e. The maximum absolute atomic E-state index is 10.9. The van der Waals surface area contributed by atoms with Crippen molar-refractivity contribution in [1.82, 2.24) is 0 Å². The Bertz CT molecular complexity index is 387. The number of fused-ring (bicyclic) bond motifs is 1. The van der Waals surface area contributed by atoms with Crippen molar-refractivity contribution in [1.29, 1.82) is 0 Å². The van der Waals surface area contributed by atoms with E-state index in [0.717, 1.165) is 36.2 Å². The maximum Gasteiger partial charge on any atom is 0.164 e. The Morgan fingerprint density at radius 3 is 3.06 bits per heavy atom. The summed E-state index contributed by atoms with van der Waals surface area (Å²) in [5.74, 6) is 1.52. The van der Waals surface area contributed by atoms with Gasteiger partial charge in [-0.15, -0.1) is 0 Å². The zero-order valence-electron chi connectivity index (χ0n) is 9.60. The number of carbonyl (C=O) groups excluding carboxylic acids is 1. The van der Waals surface area contributed by atoms with Crippen molar-refractivity contribution in [3.63, 3.8) is 0 Å². The summed E-state index contributed by atoms with van der Waals surface area (Å²) >= 11 is 0. The van der Waals surface area contributed by atoms with Crippen LogP contribution in [0.15, 0.2) is 18.2 Å². The van der Waals surface area contributed by atoms with E-state index in [-0.39, 0.29) is 12.0 Å². The minimum atomic E-state index is -0.0335. The van der Waals surface area contributed by atoms with Crippen LogP contribution in [0.25, 0.3) is 0 Å². The second-order valence-corrected chi connectivity index (χ2v) is 4.02. The van der Waals surface area contributed by atoms with Gasteiger partial charge >= 0.3 is 0 Å². The summed E-state index contributed by atoms with van der Waals surface area (Å²) in [6.07, 6.45) is 2.56. The van der Waals surface area contributed by atoms with Crippen LogP contribution in [0.5, 0.6) is 11.5 Å². The van der Waals surface area contributed by atoms with Crippen LogP contribution in [0, 0.1) is 5.92 Å². The molecule has 16 heavy (non-hydrogen) atoms. The molecule has 0 bridgehead atoms. The van der Waals surface area contributed by atoms with E-state index in [1.807, 2.05) is 25.1 Å². The van der Waals surface area contributed by atoms with Crippen LogP contribution in [0.4, 0.5) is 0 Å². The van der Waals surface area contributed by atoms with Crippen molar-refractivity contribution in [3.8, 4) is 11.5 Å². The number of ether oxygens (including phenoxy) is 2. The number of aldehydes is 1. The average Bonchev–Trinajstić information content (AvgIpc) is 2.73. The summed E-state index contributed by atoms with van der Waals surface area (Å²) < 4.78 is 11.1. The lowest BCUT2D eigenvalue weighted by molar-refractivity contribution is -0.113. The first-order valence-electron chi connectivity index (χ1n) is 5.58. The predicted octanol–water partition coefficient (Wildman–Crippen LogP) is 2.22. The maximum atomic E-state index is 10.9. The summed E-state index contributed by atoms with van der Waals surface area (Å²) in [5, 5.41) is 0. The van der Waals surface area contributed by atoms with Gasteiger partial charge in [-0.25, -0.2) is 0 Å². The van der Waals surface area contributed by atoms with Gasteiger partial charge in [-0.3, -0.25) is 0 Å². The Hall–Kier alpha value is -1.51. The number of carbonyl (C=O) groups is 1. The molecule has 86 valence electrons. The van der Waals surface area contributed by atoms with Gasteiger partial charge in [-0.05, 0) is 12.5 Å². The van der Waals surface area contributed by atoms with Gasteiger partial charge in [0.25, 0.3) is 0 Å². The highest BCUT2D eigenvalue weighted by atomic mass is 16.5. The Morgan fingerprint density at radius 2 is 2.44 bits per heavy atom. The zero-order valence-corrected chi connectivity index (χ0v) is 9.60. The number of benzene rings is 1. The van der Waals surface area contributed by atoms with E-state index in [2.05, 4.69) is 0 Å². The van der Waals surface area contributed by atoms with Crippen molar-refractivity contribution in [2.75, 3.05) is 7.11 Å². The van der Waals surface area contributed by atoms with Gasteiger partial charge in [0.05, 0.1) is 13.0 Å². The van der Waals surface area contributed by atoms with Crippen molar-refractivity contribution in [2.24, 2.45) is 5.92 Å². The van der Waals surface area contributed by atoms with E-state index in [1.165, 1.54) is 0 Å². The van der Waals surface area contributed by atoms with Gasteiger partial charge < -0.3 is 14.3 Å². The van der Waals surface area contributed by atoms with Gasteiger partial charge in [-0.1, -0.05) is 19.1 Å². The molecule has 3 nitrogen and oxygen atoms in total. The highest BCUT2D eigenvalue weighted by Gasteiger charge is 2.31. The fourth-order valence-corrected chi connectivity index (χ4v) is 2.11. The van der Waals surface area contributed by atoms with E-state index in [1.54, 1.807) is 7.11 Å². The molecule has 0 saturated carbocycles. The summed E-state index contributed by atoms with van der Waals surface area (Å²) in [5.41, 5.74) is 1.13. The van der Waals surface area contributed by atoms with E-state index in [0.29, 0.717) is 0 Å². The second-order valence-electron chi connectivity index (χ2n) is 4.02. The largest absolute Gasteiger partial charge is 0.493 e. The molecule has 0 aliphatic carbocycles. The average molecular weight is 220 g/mol.